The molecule has 0 bridgehead atoms. The molecular weight excluding hydrogens is 853 g/mol. The maximum atomic E-state index is 14.4. The number of nitrogens with two attached hydrogens (primary N) is 3. The standard InChI is InChI=1S/C41H62N12O12/c1-5-21(4)35-40(64)48-25(12-13-29(42)55)36(60)49-27(15-30(43)56)37(61)50-28(16-45-18-32(58)47-26(38(62)52-35)14-22-6-10-24(54)11-7-22)41(65)53(23-8-9-23)19-33(59)51-34(20(2)3)39(63)46-17-31(44)57/h6-7,10-11,20-21,23,25-28,34-35,45,54H,5,8-9,12-19H2,1-4H3,(H2,42,55)(H2,43,56)(H2,44,57)(H,46,63)(H,47,58)(H,48,64)(H,49,60)(H,50,61)(H,51,59)(H,52,62)/t21-,25-,26-,27-,28-,34?,35-/m0/s1. The number of carbonyl (C=O) groups excluding carboxylic acids is 11. The Kier molecular flexibility index (Phi) is 20.1. The molecule has 24 nitrogen and oxygen atoms in total. The second-order valence-electron chi connectivity index (χ2n) is 16.5. The Bertz CT molecular complexity index is 1940. The number of nitrogens with one attached hydrogen (secondary N) is 8. The third kappa shape index (κ3) is 17.3. The van der Waals surface area contributed by atoms with E-state index in [0.717, 1.165) is 4.90 Å². The Morgan fingerprint density at radius 3 is 1.97 bits per heavy atom. The molecule has 2 fully saturated rings. The first kappa shape index (κ1) is 52.5. The van der Waals surface area contributed by atoms with E-state index in [4.69, 9.17) is 17.2 Å². The maximum absolute atomic E-state index is 14.4. The topological polar surface area (TPSA) is 386 Å². The van der Waals surface area contributed by atoms with E-state index in [1.54, 1.807) is 27.7 Å². The molecule has 1 heterocycles. The first-order chi connectivity index (χ1) is 30.6. The number of benzene rings is 1. The lowest BCUT2D eigenvalue weighted by molar-refractivity contribution is -0.141. The fourth-order valence-corrected chi connectivity index (χ4v) is 6.75. The van der Waals surface area contributed by atoms with Crippen molar-refractivity contribution in [3.05, 3.63) is 29.8 Å². The van der Waals surface area contributed by atoms with Gasteiger partial charge in [-0.25, -0.2) is 0 Å². The molecule has 24 heteroatoms. The lowest BCUT2D eigenvalue weighted by atomic mass is 9.96. The summed E-state index contributed by atoms with van der Waals surface area (Å²) in [6.45, 7) is 4.57. The second kappa shape index (κ2) is 24.9. The van der Waals surface area contributed by atoms with E-state index >= 15 is 0 Å². The van der Waals surface area contributed by atoms with Crippen molar-refractivity contribution < 1.29 is 57.8 Å². The van der Waals surface area contributed by atoms with Crippen LogP contribution in [0.15, 0.2) is 24.3 Å². The van der Waals surface area contributed by atoms with Crippen molar-refractivity contribution in [2.24, 2.45) is 29.0 Å². The van der Waals surface area contributed by atoms with Crippen LogP contribution in [-0.2, 0) is 59.2 Å². The molecule has 1 aliphatic heterocycles. The Balaban J connectivity index is 2.04. The smallest absolute Gasteiger partial charge is 0.247 e. The van der Waals surface area contributed by atoms with Crippen LogP contribution in [-0.4, -0.2) is 143 Å². The number of amides is 11. The maximum Gasteiger partial charge on any atom is 0.247 e. The van der Waals surface area contributed by atoms with Crippen molar-refractivity contribution in [1.82, 2.24) is 47.4 Å². The van der Waals surface area contributed by atoms with Gasteiger partial charge in [-0.2, -0.15) is 0 Å². The molecule has 1 aromatic rings. The minimum atomic E-state index is -1.76. The van der Waals surface area contributed by atoms with Gasteiger partial charge in [0.05, 0.1) is 26.1 Å². The molecule has 0 aromatic heterocycles. The Labute approximate surface area is 375 Å². The molecule has 7 atom stereocenters. The summed E-state index contributed by atoms with van der Waals surface area (Å²) in [7, 11) is 0. The van der Waals surface area contributed by atoms with Gasteiger partial charge in [-0.05, 0) is 48.8 Å². The summed E-state index contributed by atoms with van der Waals surface area (Å²) < 4.78 is 0. The summed E-state index contributed by atoms with van der Waals surface area (Å²) in [4.78, 5) is 146. The molecule has 0 spiro atoms. The monoisotopic (exact) mass is 914 g/mol. The highest BCUT2D eigenvalue weighted by molar-refractivity contribution is 5.99. The fourth-order valence-electron chi connectivity index (χ4n) is 6.75. The quantitative estimate of drug-likeness (QED) is 0.0657. The van der Waals surface area contributed by atoms with Gasteiger partial charge in [0, 0.05) is 25.4 Å². The van der Waals surface area contributed by atoms with E-state index in [1.165, 1.54) is 24.3 Å². The highest BCUT2D eigenvalue weighted by Crippen LogP contribution is 2.27. The molecule has 1 aliphatic carbocycles. The molecule has 2 aliphatic rings. The van der Waals surface area contributed by atoms with Crippen molar-refractivity contribution in [3.63, 3.8) is 0 Å². The second-order valence-corrected chi connectivity index (χ2v) is 16.5. The first-order valence-corrected chi connectivity index (χ1v) is 21.3. The zero-order chi connectivity index (χ0) is 48.5. The number of hydrogen-bond donors (Lipinski definition) is 12. The molecule has 1 aromatic carbocycles. The average Bonchev–Trinajstić information content (AvgIpc) is 4.08. The number of primary amides is 3. The number of nitrogens with zero attached hydrogens (tertiary/aromatic N) is 1. The van der Waals surface area contributed by atoms with Crippen LogP contribution in [0.1, 0.15) is 71.8 Å². The van der Waals surface area contributed by atoms with Crippen molar-refractivity contribution in [2.75, 3.05) is 26.2 Å². The molecule has 65 heavy (non-hydrogen) atoms. The fraction of sp³-hybridized carbons (Fsp3) is 0.585. The SMILES string of the molecule is CC[C@H](C)[C@@H]1NC(=O)[C@H](Cc2ccc(O)cc2)NC(=O)CNC[C@@H](C(=O)N(CC(=O)NC(C(=O)NCC(N)=O)C(C)C)C2CC2)NC(=O)[C@H](CC(N)=O)NC(=O)[C@H](CCC(N)=O)NC1=O. The van der Waals surface area contributed by atoms with E-state index in [2.05, 4.69) is 42.5 Å². The summed E-state index contributed by atoms with van der Waals surface area (Å²) in [6.07, 6.45) is -0.444. The van der Waals surface area contributed by atoms with Gasteiger partial charge in [-0.15, -0.1) is 0 Å². The normalized spacial score (nSPS) is 22.2. The highest BCUT2D eigenvalue weighted by Gasteiger charge is 2.40. The zero-order valence-electron chi connectivity index (χ0n) is 36.9. The largest absolute Gasteiger partial charge is 0.508 e. The van der Waals surface area contributed by atoms with Crippen LogP contribution in [0, 0.1) is 11.8 Å². The molecule has 1 saturated carbocycles. The summed E-state index contributed by atoms with van der Waals surface area (Å²) in [6, 6.07) is -3.35. The summed E-state index contributed by atoms with van der Waals surface area (Å²) in [5.41, 5.74) is 16.5. The van der Waals surface area contributed by atoms with Gasteiger partial charge in [-0.3, -0.25) is 52.7 Å². The summed E-state index contributed by atoms with van der Waals surface area (Å²) in [5.74, 6) is -10.7. The van der Waals surface area contributed by atoms with E-state index in [9.17, 15) is 57.8 Å². The minimum absolute atomic E-state index is 0.0539. The highest BCUT2D eigenvalue weighted by atomic mass is 16.3. The lowest BCUT2D eigenvalue weighted by Crippen LogP contribution is -2.62. The minimum Gasteiger partial charge on any atom is -0.508 e. The van der Waals surface area contributed by atoms with E-state index in [0.29, 0.717) is 24.8 Å². The van der Waals surface area contributed by atoms with Crippen LogP contribution in [0.25, 0.3) is 0 Å². The van der Waals surface area contributed by atoms with Crippen molar-refractivity contribution in [2.45, 2.75) is 115 Å². The molecule has 1 saturated heterocycles. The van der Waals surface area contributed by atoms with Gasteiger partial charge in [0.2, 0.25) is 65.0 Å². The third-order valence-electron chi connectivity index (χ3n) is 10.7. The van der Waals surface area contributed by atoms with E-state index in [1.807, 2.05) is 0 Å². The number of rotatable bonds is 18. The average molecular weight is 915 g/mol. The molecule has 11 amide bonds. The van der Waals surface area contributed by atoms with Gasteiger partial charge < -0.3 is 69.7 Å². The summed E-state index contributed by atoms with van der Waals surface area (Å²) in [5, 5.41) is 30.1. The van der Waals surface area contributed by atoms with Gasteiger partial charge in [-0.1, -0.05) is 46.2 Å². The molecule has 15 N–H and O–H groups in total. The van der Waals surface area contributed by atoms with Gasteiger partial charge >= 0.3 is 0 Å². The van der Waals surface area contributed by atoms with Crippen molar-refractivity contribution >= 4 is 65.0 Å². The zero-order valence-corrected chi connectivity index (χ0v) is 36.9. The number of phenols is 1. The van der Waals surface area contributed by atoms with Gasteiger partial charge in [0.1, 0.15) is 42.0 Å². The molecule has 0 radical (unpaired) electrons. The Morgan fingerprint density at radius 2 is 1.40 bits per heavy atom. The van der Waals surface area contributed by atoms with Crippen LogP contribution >= 0.6 is 0 Å². The van der Waals surface area contributed by atoms with Crippen LogP contribution < -0.4 is 59.7 Å². The Hall–Kier alpha value is -6.85. The molecule has 3 rings (SSSR count). The number of phenolic OH excluding ortho intramolecular Hbond substituents is 1. The third-order valence-corrected chi connectivity index (χ3v) is 10.7. The van der Waals surface area contributed by atoms with Crippen molar-refractivity contribution in [3.8, 4) is 5.75 Å². The predicted octanol–water partition coefficient (Wildman–Crippen LogP) is -5.12. The lowest BCUT2D eigenvalue weighted by Gasteiger charge is -2.31. The number of aromatic hydroxyl groups is 1. The van der Waals surface area contributed by atoms with Crippen LogP contribution in [0.5, 0.6) is 5.75 Å². The predicted molar refractivity (Wildman–Crippen MR) is 230 cm³/mol. The van der Waals surface area contributed by atoms with Gasteiger partial charge in [0.15, 0.2) is 0 Å². The summed E-state index contributed by atoms with van der Waals surface area (Å²) >= 11 is 0. The van der Waals surface area contributed by atoms with Crippen LogP contribution in [0.4, 0.5) is 0 Å². The Morgan fingerprint density at radius 1 is 0.785 bits per heavy atom. The van der Waals surface area contributed by atoms with E-state index in [-0.39, 0.29) is 18.6 Å². The first-order valence-electron chi connectivity index (χ1n) is 21.3. The number of hydrogen-bond acceptors (Lipinski definition) is 13. The molecule has 358 valence electrons. The van der Waals surface area contributed by atoms with E-state index < -0.39 is 158 Å². The van der Waals surface area contributed by atoms with Crippen molar-refractivity contribution in [1.29, 1.82) is 0 Å². The molecular formula is C41H62N12O12. The van der Waals surface area contributed by atoms with Crippen LogP contribution in [0.3, 0.4) is 0 Å². The molecule has 1 unspecified atom stereocenters. The van der Waals surface area contributed by atoms with Crippen LogP contribution in [0.2, 0.25) is 0 Å². The number of carbonyl (C=O) groups is 11. The van der Waals surface area contributed by atoms with Gasteiger partial charge in [0.25, 0.3) is 0 Å².